The molecule has 0 unspecified atom stereocenters. The third-order valence-electron chi connectivity index (χ3n) is 8.45. The molecule has 1 aromatic heterocycles. The molecule has 2 fully saturated rings. The fourth-order valence-electron chi connectivity index (χ4n) is 6.23. The van der Waals surface area contributed by atoms with Gasteiger partial charge in [0.1, 0.15) is 0 Å². The number of hydrogen-bond acceptors (Lipinski definition) is 5. The fourth-order valence-corrected chi connectivity index (χ4v) is 6.23. The molecule has 8 nitrogen and oxygen atoms in total. The van der Waals surface area contributed by atoms with Gasteiger partial charge in [0.05, 0.1) is 19.5 Å². The first kappa shape index (κ1) is 27.1. The summed E-state index contributed by atoms with van der Waals surface area (Å²) in [5, 5.41) is 4.75. The molecular formula is C31H39N5O3. The molecule has 8 heteroatoms. The number of carbonyl (C=O) groups excluding carboxylic acids is 2. The third-order valence-corrected chi connectivity index (χ3v) is 8.45. The van der Waals surface area contributed by atoms with Crippen LogP contribution >= 0.6 is 0 Å². The van der Waals surface area contributed by atoms with E-state index in [-0.39, 0.29) is 17.9 Å². The lowest BCUT2D eigenvalue weighted by Crippen LogP contribution is -2.56. The highest BCUT2D eigenvalue weighted by molar-refractivity contribution is 5.95. The molecular weight excluding hydrogens is 490 g/mol. The van der Waals surface area contributed by atoms with Crippen molar-refractivity contribution in [3.8, 4) is 11.1 Å². The molecule has 39 heavy (non-hydrogen) atoms. The zero-order valence-corrected chi connectivity index (χ0v) is 22.9. The first-order chi connectivity index (χ1) is 19.0. The van der Waals surface area contributed by atoms with Gasteiger partial charge in [-0.3, -0.25) is 14.4 Å². The smallest absolute Gasteiger partial charge is 0.263 e. The Morgan fingerprint density at radius 2 is 1.87 bits per heavy atom. The van der Waals surface area contributed by atoms with E-state index < -0.39 is 6.04 Å². The quantitative estimate of drug-likeness (QED) is 0.403. The van der Waals surface area contributed by atoms with E-state index in [0.29, 0.717) is 30.4 Å². The van der Waals surface area contributed by atoms with Crippen molar-refractivity contribution >= 4 is 11.8 Å². The van der Waals surface area contributed by atoms with Gasteiger partial charge in [0, 0.05) is 50.1 Å². The van der Waals surface area contributed by atoms with Crippen LogP contribution < -0.4 is 5.32 Å². The second-order valence-corrected chi connectivity index (χ2v) is 10.9. The largest absolute Gasteiger partial charge is 0.348 e. The molecule has 206 valence electrons. The Hall–Kier alpha value is -3.49. The highest BCUT2D eigenvalue weighted by Crippen LogP contribution is 2.39. The van der Waals surface area contributed by atoms with Crippen LogP contribution in [0.1, 0.15) is 48.2 Å². The Morgan fingerprint density at radius 3 is 2.62 bits per heavy atom. The number of carbonyl (C=O) groups is 2. The molecule has 2 aromatic carbocycles. The van der Waals surface area contributed by atoms with Gasteiger partial charge in [-0.15, -0.1) is 0 Å². The minimum Gasteiger partial charge on any atom is -0.348 e. The maximum Gasteiger partial charge on any atom is 0.263 e. The van der Waals surface area contributed by atoms with Gasteiger partial charge in [-0.05, 0) is 47.9 Å². The predicted octanol–water partition coefficient (Wildman–Crippen LogP) is 4.32. The maximum absolute atomic E-state index is 14.0. The SMILES string of the molecule is CON(C)C(=O)[C@H](Cc1cnc[nH]1)NC[C@@H]1C[C@H]2CCCC[C@@H]2CN1C(=O)c1cccc(-c2ccccc2)c1. The van der Waals surface area contributed by atoms with E-state index in [0.717, 1.165) is 29.8 Å². The van der Waals surface area contributed by atoms with Crippen molar-refractivity contribution in [2.24, 2.45) is 11.8 Å². The van der Waals surface area contributed by atoms with Gasteiger partial charge in [-0.2, -0.15) is 0 Å². The lowest BCUT2D eigenvalue weighted by Gasteiger charge is -2.46. The molecule has 1 saturated carbocycles. The number of aromatic nitrogens is 2. The van der Waals surface area contributed by atoms with Gasteiger partial charge in [0.15, 0.2) is 0 Å². The van der Waals surface area contributed by atoms with Gasteiger partial charge in [-0.1, -0.05) is 61.7 Å². The summed E-state index contributed by atoms with van der Waals surface area (Å²) >= 11 is 0. The van der Waals surface area contributed by atoms with Gasteiger partial charge < -0.3 is 15.2 Å². The number of aromatic amines is 1. The molecule has 1 saturated heterocycles. The molecule has 5 rings (SSSR count). The average molecular weight is 530 g/mol. The highest BCUT2D eigenvalue weighted by atomic mass is 16.7. The zero-order valence-electron chi connectivity index (χ0n) is 22.9. The third kappa shape index (κ3) is 6.40. The van der Waals surface area contributed by atoms with Crippen molar-refractivity contribution in [1.29, 1.82) is 0 Å². The minimum absolute atomic E-state index is 0.00199. The summed E-state index contributed by atoms with van der Waals surface area (Å²) in [6, 6.07) is 17.6. The van der Waals surface area contributed by atoms with Crippen LogP contribution in [0.5, 0.6) is 0 Å². The molecule has 0 spiro atoms. The number of H-pyrrole nitrogens is 1. The lowest BCUT2D eigenvalue weighted by molar-refractivity contribution is -0.171. The van der Waals surface area contributed by atoms with Crippen LogP contribution in [0.3, 0.4) is 0 Å². The van der Waals surface area contributed by atoms with Crippen LogP contribution in [0.2, 0.25) is 0 Å². The molecule has 0 radical (unpaired) electrons. The molecule has 0 bridgehead atoms. The number of piperidine rings is 1. The van der Waals surface area contributed by atoms with Gasteiger partial charge >= 0.3 is 0 Å². The van der Waals surface area contributed by atoms with Crippen molar-refractivity contribution in [1.82, 2.24) is 25.2 Å². The summed E-state index contributed by atoms with van der Waals surface area (Å²) in [6.07, 6.45) is 9.65. The number of likely N-dealkylation sites (N-methyl/N-ethyl adjacent to an activating group) is 1. The second-order valence-electron chi connectivity index (χ2n) is 10.9. The standard InChI is InChI=1S/C31H39N5O3/c1-35(39-2)31(38)29(17-27-18-32-21-34-27)33-19-28-16-24-11-6-7-12-26(24)20-36(28)30(37)25-14-8-13-23(15-25)22-9-4-3-5-10-22/h3-5,8-10,13-15,18,21,24,26,28-29,33H,6-7,11-12,16-17,19-20H2,1-2H3,(H,32,34)/t24-,26-,28+,29+/m1/s1. The molecule has 2 N–H and O–H groups in total. The summed E-state index contributed by atoms with van der Waals surface area (Å²) < 4.78 is 0. The molecule has 4 atom stereocenters. The lowest BCUT2D eigenvalue weighted by atomic mass is 9.72. The molecule has 3 aromatic rings. The van der Waals surface area contributed by atoms with Crippen LogP contribution in [0.25, 0.3) is 11.1 Å². The zero-order chi connectivity index (χ0) is 27.2. The number of likely N-dealkylation sites (tertiary alicyclic amines) is 1. The van der Waals surface area contributed by atoms with E-state index in [9.17, 15) is 9.59 Å². The predicted molar refractivity (Wildman–Crippen MR) is 151 cm³/mol. The van der Waals surface area contributed by atoms with E-state index in [4.69, 9.17) is 4.84 Å². The Labute approximate surface area is 230 Å². The Morgan fingerprint density at radius 1 is 1.10 bits per heavy atom. The first-order valence-corrected chi connectivity index (χ1v) is 14.0. The van der Waals surface area contributed by atoms with Crippen LogP contribution in [0, 0.1) is 11.8 Å². The average Bonchev–Trinajstić information content (AvgIpc) is 3.51. The van der Waals surface area contributed by atoms with Crippen molar-refractivity contribution in [3.63, 3.8) is 0 Å². The summed E-state index contributed by atoms with van der Waals surface area (Å²) in [5.74, 6) is 1.06. The number of hydroxylamine groups is 2. The number of imidazole rings is 1. The number of amides is 2. The molecule has 2 amide bonds. The minimum atomic E-state index is -0.502. The van der Waals surface area contributed by atoms with E-state index >= 15 is 0 Å². The summed E-state index contributed by atoms with van der Waals surface area (Å²) in [6.45, 7) is 1.30. The van der Waals surface area contributed by atoms with Gasteiger partial charge in [0.25, 0.3) is 11.8 Å². The number of benzene rings is 2. The van der Waals surface area contributed by atoms with E-state index in [1.165, 1.54) is 37.9 Å². The summed E-state index contributed by atoms with van der Waals surface area (Å²) in [4.78, 5) is 41.6. The topological polar surface area (TPSA) is 90.6 Å². The number of fused-ring (bicyclic) bond motifs is 1. The van der Waals surface area contributed by atoms with Crippen molar-refractivity contribution < 1.29 is 14.4 Å². The summed E-state index contributed by atoms with van der Waals surface area (Å²) in [5.41, 5.74) is 3.71. The molecule has 2 aliphatic rings. The van der Waals surface area contributed by atoms with Crippen molar-refractivity contribution in [2.75, 3.05) is 27.2 Å². The van der Waals surface area contributed by atoms with E-state index in [1.807, 2.05) is 36.4 Å². The van der Waals surface area contributed by atoms with Crippen molar-refractivity contribution in [2.45, 2.75) is 50.6 Å². The van der Waals surface area contributed by atoms with Gasteiger partial charge in [-0.25, -0.2) is 10.0 Å². The van der Waals surface area contributed by atoms with Crippen LogP contribution in [0.4, 0.5) is 0 Å². The maximum atomic E-state index is 14.0. The normalized spacial score (nSPS) is 21.7. The number of hydrogen-bond donors (Lipinski definition) is 2. The van der Waals surface area contributed by atoms with Gasteiger partial charge in [0.2, 0.25) is 0 Å². The first-order valence-electron chi connectivity index (χ1n) is 14.0. The molecule has 1 aliphatic carbocycles. The van der Waals surface area contributed by atoms with E-state index in [2.05, 4.69) is 38.4 Å². The molecule has 2 heterocycles. The van der Waals surface area contributed by atoms with Crippen LogP contribution in [-0.2, 0) is 16.1 Å². The number of nitrogens with zero attached hydrogens (tertiary/aromatic N) is 3. The fraction of sp³-hybridized carbons (Fsp3) is 0.452. The Kier molecular flexibility index (Phi) is 8.74. The molecule has 1 aliphatic heterocycles. The number of nitrogens with one attached hydrogen (secondary N) is 2. The number of rotatable bonds is 9. The monoisotopic (exact) mass is 529 g/mol. The van der Waals surface area contributed by atoms with Crippen LogP contribution in [0.15, 0.2) is 67.1 Å². The second kappa shape index (κ2) is 12.6. The highest BCUT2D eigenvalue weighted by Gasteiger charge is 2.39. The Balaban J connectivity index is 1.37. The Bertz CT molecular complexity index is 1230. The van der Waals surface area contributed by atoms with Crippen LogP contribution in [-0.4, -0.2) is 71.1 Å². The van der Waals surface area contributed by atoms with Crippen molar-refractivity contribution in [3.05, 3.63) is 78.4 Å². The van der Waals surface area contributed by atoms with E-state index in [1.54, 1.807) is 19.6 Å². The summed E-state index contributed by atoms with van der Waals surface area (Å²) in [7, 11) is 3.10.